The lowest BCUT2D eigenvalue weighted by molar-refractivity contribution is 0.0686. The number of aromatic nitrogens is 1. The second-order valence-corrected chi connectivity index (χ2v) is 5.50. The molecule has 0 spiro atoms. The van der Waals surface area contributed by atoms with E-state index in [2.05, 4.69) is 10.1 Å². The summed E-state index contributed by atoms with van der Waals surface area (Å²) in [5.41, 5.74) is 1.63. The zero-order valence-electron chi connectivity index (χ0n) is 11.4. The molecule has 1 aliphatic heterocycles. The summed E-state index contributed by atoms with van der Waals surface area (Å²) in [4.78, 5) is 13.1. The molecule has 1 aromatic carbocycles. The van der Waals surface area contributed by atoms with Crippen LogP contribution >= 0.6 is 11.6 Å². The Labute approximate surface area is 127 Å². The van der Waals surface area contributed by atoms with Crippen LogP contribution in [0.15, 0.2) is 28.8 Å². The number of carboxylic acid groups (broad SMARTS) is 1. The highest BCUT2D eigenvalue weighted by atomic mass is 35.5. The molecule has 1 fully saturated rings. The normalized spacial score (nSPS) is 15.2. The van der Waals surface area contributed by atoms with E-state index in [0.29, 0.717) is 10.8 Å². The maximum Gasteiger partial charge on any atom is 0.358 e. The molecule has 3 rings (SSSR count). The summed E-state index contributed by atoms with van der Waals surface area (Å²) in [5, 5.41) is 13.0. The molecule has 2 aromatic rings. The maximum atomic E-state index is 10.8. The molecule has 0 saturated carbocycles. The fourth-order valence-electron chi connectivity index (χ4n) is 2.56. The van der Waals surface area contributed by atoms with Gasteiger partial charge >= 0.3 is 5.97 Å². The van der Waals surface area contributed by atoms with Crippen LogP contribution in [-0.4, -0.2) is 29.3 Å². The molecular weight excluding hydrogens is 292 g/mol. The predicted molar refractivity (Wildman–Crippen MR) is 80.0 cm³/mol. The van der Waals surface area contributed by atoms with Gasteiger partial charge in [-0.15, -0.1) is 0 Å². The monoisotopic (exact) mass is 306 g/mol. The number of piperidine rings is 1. The summed E-state index contributed by atoms with van der Waals surface area (Å²) in [5.74, 6) is -0.708. The van der Waals surface area contributed by atoms with Crippen molar-refractivity contribution in [2.45, 2.75) is 19.3 Å². The Balaban J connectivity index is 1.87. The zero-order valence-corrected chi connectivity index (χ0v) is 12.1. The van der Waals surface area contributed by atoms with E-state index >= 15 is 0 Å². The summed E-state index contributed by atoms with van der Waals surface area (Å²) in [7, 11) is 0. The van der Waals surface area contributed by atoms with Gasteiger partial charge in [0, 0.05) is 24.7 Å². The number of hydrogen-bond acceptors (Lipinski definition) is 4. The lowest BCUT2D eigenvalue weighted by Gasteiger charge is -2.29. The quantitative estimate of drug-likeness (QED) is 0.937. The minimum atomic E-state index is -1.11. The first-order valence-electron chi connectivity index (χ1n) is 6.90. The number of carbonyl (C=O) groups is 1. The predicted octanol–water partition coefficient (Wildman–Crippen LogP) is 3.68. The fourth-order valence-corrected chi connectivity index (χ4v) is 2.86. The molecule has 0 amide bonds. The molecule has 2 heterocycles. The van der Waals surface area contributed by atoms with Crippen LogP contribution in [0.4, 0.5) is 5.69 Å². The molecule has 6 heteroatoms. The van der Waals surface area contributed by atoms with Gasteiger partial charge in [-0.3, -0.25) is 0 Å². The topological polar surface area (TPSA) is 66.6 Å². The molecule has 5 nitrogen and oxygen atoms in total. The number of benzene rings is 1. The van der Waals surface area contributed by atoms with Crippen molar-refractivity contribution in [2.75, 3.05) is 18.0 Å². The van der Waals surface area contributed by atoms with E-state index in [9.17, 15) is 4.79 Å². The number of rotatable bonds is 3. The first-order valence-corrected chi connectivity index (χ1v) is 7.28. The molecule has 1 N–H and O–H groups in total. The maximum absolute atomic E-state index is 10.8. The van der Waals surface area contributed by atoms with E-state index in [-0.39, 0.29) is 5.69 Å². The van der Waals surface area contributed by atoms with Crippen molar-refractivity contribution < 1.29 is 14.4 Å². The van der Waals surface area contributed by atoms with Crippen molar-refractivity contribution in [1.29, 1.82) is 0 Å². The van der Waals surface area contributed by atoms with E-state index in [0.717, 1.165) is 24.3 Å². The van der Waals surface area contributed by atoms with Crippen LogP contribution in [0, 0.1) is 0 Å². The van der Waals surface area contributed by atoms with Crippen molar-refractivity contribution in [2.24, 2.45) is 0 Å². The molecule has 1 aromatic heterocycles. The molecule has 0 atom stereocenters. The van der Waals surface area contributed by atoms with E-state index in [1.807, 2.05) is 12.1 Å². The van der Waals surface area contributed by atoms with E-state index < -0.39 is 5.97 Å². The molecular formula is C15H15ClN2O3. The average Bonchev–Trinajstić information content (AvgIpc) is 2.98. The molecule has 0 radical (unpaired) electrons. The SMILES string of the molecule is O=C(O)c1cc(-c2ccc(N3CCCCC3)c(Cl)c2)on1. The van der Waals surface area contributed by atoms with Crippen molar-refractivity contribution in [3.8, 4) is 11.3 Å². The number of halogens is 1. The van der Waals surface area contributed by atoms with Gasteiger partial charge in [0.1, 0.15) is 0 Å². The average molecular weight is 307 g/mol. The summed E-state index contributed by atoms with van der Waals surface area (Å²) < 4.78 is 5.05. The first kappa shape index (κ1) is 13.9. The first-order chi connectivity index (χ1) is 10.1. The lowest BCUT2D eigenvalue weighted by atomic mass is 10.1. The summed E-state index contributed by atoms with van der Waals surface area (Å²) in [6.45, 7) is 2.04. The van der Waals surface area contributed by atoms with Crippen LogP contribution in [0.5, 0.6) is 0 Å². The Morgan fingerprint density at radius 3 is 2.62 bits per heavy atom. The minimum Gasteiger partial charge on any atom is -0.476 e. The van der Waals surface area contributed by atoms with Gasteiger partial charge in [0.05, 0.1) is 10.7 Å². The molecule has 1 aliphatic rings. The standard InChI is InChI=1S/C15H15ClN2O3/c16-11-8-10(14-9-12(15(19)20)17-21-14)4-5-13(11)18-6-2-1-3-7-18/h4-5,8-9H,1-3,6-7H2,(H,19,20). The number of anilines is 1. The summed E-state index contributed by atoms with van der Waals surface area (Å²) in [6, 6.07) is 7.01. The Hall–Kier alpha value is -2.01. The number of nitrogens with zero attached hydrogens (tertiary/aromatic N) is 2. The van der Waals surface area contributed by atoms with Crippen LogP contribution < -0.4 is 4.90 Å². The number of aromatic carboxylic acids is 1. The number of hydrogen-bond donors (Lipinski definition) is 1. The second-order valence-electron chi connectivity index (χ2n) is 5.10. The fraction of sp³-hybridized carbons (Fsp3) is 0.333. The molecule has 21 heavy (non-hydrogen) atoms. The summed E-state index contributed by atoms with van der Waals surface area (Å²) in [6.07, 6.45) is 3.63. The minimum absolute atomic E-state index is 0.110. The highest BCUT2D eigenvalue weighted by Crippen LogP contribution is 2.32. The van der Waals surface area contributed by atoms with Gasteiger partial charge < -0.3 is 14.5 Å². The third kappa shape index (κ3) is 2.88. The largest absolute Gasteiger partial charge is 0.476 e. The van der Waals surface area contributed by atoms with Gasteiger partial charge in [0.15, 0.2) is 11.5 Å². The molecule has 0 aliphatic carbocycles. The second kappa shape index (κ2) is 5.77. The smallest absolute Gasteiger partial charge is 0.358 e. The third-order valence-electron chi connectivity index (χ3n) is 3.66. The van der Waals surface area contributed by atoms with Crippen LogP contribution in [-0.2, 0) is 0 Å². The molecule has 1 saturated heterocycles. The lowest BCUT2D eigenvalue weighted by Crippen LogP contribution is -2.29. The van der Waals surface area contributed by atoms with Gasteiger partial charge in [0.2, 0.25) is 0 Å². The Morgan fingerprint density at radius 2 is 2.00 bits per heavy atom. The van der Waals surface area contributed by atoms with Gasteiger partial charge in [0.25, 0.3) is 0 Å². The molecule has 110 valence electrons. The highest BCUT2D eigenvalue weighted by molar-refractivity contribution is 6.33. The third-order valence-corrected chi connectivity index (χ3v) is 3.96. The summed E-state index contributed by atoms with van der Waals surface area (Å²) >= 11 is 6.36. The van der Waals surface area contributed by atoms with E-state index in [4.69, 9.17) is 21.2 Å². The molecule has 0 bridgehead atoms. The van der Waals surface area contributed by atoms with Gasteiger partial charge in [-0.25, -0.2) is 4.79 Å². The van der Waals surface area contributed by atoms with Crippen molar-refractivity contribution in [1.82, 2.24) is 5.16 Å². The van der Waals surface area contributed by atoms with Gasteiger partial charge in [-0.2, -0.15) is 0 Å². The van der Waals surface area contributed by atoms with Gasteiger partial charge in [-0.05, 0) is 37.5 Å². The Morgan fingerprint density at radius 1 is 1.24 bits per heavy atom. The number of carboxylic acids is 1. The Bertz CT molecular complexity index is 663. The zero-order chi connectivity index (χ0) is 14.8. The van der Waals surface area contributed by atoms with E-state index in [1.54, 1.807) is 6.07 Å². The van der Waals surface area contributed by atoms with E-state index in [1.165, 1.54) is 25.3 Å². The van der Waals surface area contributed by atoms with Crippen LogP contribution in [0.3, 0.4) is 0 Å². The van der Waals surface area contributed by atoms with Crippen LogP contribution in [0.25, 0.3) is 11.3 Å². The van der Waals surface area contributed by atoms with Crippen LogP contribution in [0.2, 0.25) is 5.02 Å². The highest BCUT2D eigenvalue weighted by Gasteiger charge is 2.16. The van der Waals surface area contributed by atoms with Gasteiger partial charge in [-0.1, -0.05) is 16.8 Å². The van der Waals surface area contributed by atoms with Crippen molar-refractivity contribution >= 4 is 23.3 Å². The molecule has 0 unspecified atom stereocenters. The van der Waals surface area contributed by atoms with Crippen LogP contribution in [0.1, 0.15) is 29.8 Å². The van der Waals surface area contributed by atoms with Crippen molar-refractivity contribution in [3.05, 3.63) is 35.0 Å². The Kier molecular flexibility index (Phi) is 3.84. The van der Waals surface area contributed by atoms with Crippen molar-refractivity contribution in [3.63, 3.8) is 0 Å².